The second-order valence-electron chi connectivity index (χ2n) is 9.24. The third-order valence-corrected chi connectivity index (χ3v) is 6.46. The Morgan fingerprint density at radius 3 is 2.63 bits per heavy atom. The zero-order chi connectivity index (χ0) is 25.5. The lowest BCUT2D eigenvalue weighted by molar-refractivity contribution is 0.0108. The molecular formula is C27H36FN3O4. The lowest BCUT2D eigenvalue weighted by atomic mass is 10.0. The highest BCUT2D eigenvalue weighted by Gasteiger charge is 2.28. The van der Waals surface area contributed by atoms with Gasteiger partial charge in [0.25, 0.3) is 11.8 Å². The van der Waals surface area contributed by atoms with Crippen LogP contribution in [-0.4, -0.2) is 74.2 Å². The lowest BCUT2D eigenvalue weighted by Gasteiger charge is -2.35. The third kappa shape index (κ3) is 6.58. The fourth-order valence-corrected chi connectivity index (χ4v) is 4.37. The number of nitrogens with one attached hydrogen (secondary N) is 1. The fraction of sp³-hybridized carbons (Fsp3) is 0.481. The lowest BCUT2D eigenvalue weighted by Crippen LogP contribution is -2.46. The number of benzene rings is 2. The summed E-state index contributed by atoms with van der Waals surface area (Å²) in [6, 6.07) is 10.8. The molecule has 0 fully saturated rings. The molecule has 3 rings (SSSR count). The zero-order valence-corrected chi connectivity index (χ0v) is 21.2. The molecule has 7 nitrogen and oxygen atoms in total. The van der Waals surface area contributed by atoms with Crippen molar-refractivity contribution >= 4 is 17.5 Å². The molecule has 8 heteroatoms. The number of rotatable bonds is 5. The molecule has 2 aromatic carbocycles. The van der Waals surface area contributed by atoms with E-state index in [0.29, 0.717) is 30.2 Å². The van der Waals surface area contributed by atoms with Crippen molar-refractivity contribution in [3.8, 4) is 5.75 Å². The highest BCUT2D eigenvalue weighted by molar-refractivity contribution is 6.05. The van der Waals surface area contributed by atoms with E-state index in [1.807, 2.05) is 0 Å². The van der Waals surface area contributed by atoms with Crippen LogP contribution in [0.3, 0.4) is 0 Å². The van der Waals surface area contributed by atoms with Crippen molar-refractivity contribution in [2.45, 2.75) is 39.3 Å². The van der Waals surface area contributed by atoms with Gasteiger partial charge >= 0.3 is 0 Å². The number of halogens is 1. The van der Waals surface area contributed by atoms with Gasteiger partial charge in [-0.3, -0.25) is 14.5 Å². The van der Waals surface area contributed by atoms with Gasteiger partial charge in [0, 0.05) is 45.0 Å². The molecule has 35 heavy (non-hydrogen) atoms. The molecule has 0 unspecified atom stereocenters. The average Bonchev–Trinajstić information content (AvgIpc) is 2.84. The van der Waals surface area contributed by atoms with Crippen LogP contribution >= 0.6 is 0 Å². The predicted molar refractivity (Wildman–Crippen MR) is 135 cm³/mol. The van der Waals surface area contributed by atoms with Crippen LogP contribution in [0.1, 0.15) is 47.9 Å². The van der Waals surface area contributed by atoms with Gasteiger partial charge in [0.1, 0.15) is 18.2 Å². The van der Waals surface area contributed by atoms with Gasteiger partial charge in [-0.1, -0.05) is 26.0 Å². The van der Waals surface area contributed by atoms with Crippen molar-refractivity contribution in [1.29, 1.82) is 0 Å². The molecule has 1 aliphatic heterocycles. The van der Waals surface area contributed by atoms with Crippen LogP contribution in [0, 0.1) is 11.7 Å². The molecule has 2 aromatic rings. The highest BCUT2D eigenvalue weighted by Crippen LogP contribution is 2.27. The first-order valence-electron chi connectivity index (χ1n) is 12.1. The molecule has 0 spiro atoms. The summed E-state index contributed by atoms with van der Waals surface area (Å²) >= 11 is 0. The van der Waals surface area contributed by atoms with Crippen LogP contribution in [0.25, 0.3) is 0 Å². The summed E-state index contributed by atoms with van der Waals surface area (Å²) in [4.78, 5) is 29.9. The maximum atomic E-state index is 14.0. The molecule has 1 N–H and O–H groups in total. The molecule has 0 aromatic heterocycles. The standard InChI is InChI=1S/C27H36FN3O4/c1-6-13-31-15-18(2)25(34-5)16-30(4)27(33)22-12-11-20(14-24(22)35-17-19(31)3)29-26(32)21-9-7-8-10-23(21)28/h7-12,14,18-19,25H,6,13,15-17H2,1-5H3,(H,29,32)/t18-,19+,25+/m1/s1. The van der Waals surface area contributed by atoms with Crippen LogP contribution in [0.4, 0.5) is 10.1 Å². The van der Waals surface area contributed by atoms with Gasteiger partial charge in [0.2, 0.25) is 0 Å². The van der Waals surface area contributed by atoms with Gasteiger partial charge < -0.3 is 19.7 Å². The topological polar surface area (TPSA) is 71.1 Å². The van der Waals surface area contributed by atoms with E-state index in [4.69, 9.17) is 9.47 Å². The van der Waals surface area contributed by atoms with E-state index in [2.05, 4.69) is 31.0 Å². The van der Waals surface area contributed by atoms with Crippen molar-refractivity contribution in [3.63, 3.8) is 0 Å². The third-order valence-electron chi connectivity index (χ3n) is 6.46. The fourth-order valence-electron chi connectivity index (χ4n) is 4.37. The molecule has 0 saturated carbocycles. The Morgan fingerprint density at radius 2 is 1.94 bits per heavy atom. The van der Waals surface area contributed by atoms with E-state index >= 15 is 0 Å². The normalized spacial score (nSPS) is 21.9. The van der Waals surface area contributed by atoms with Gasteiger partial charge in [-0.2, -0.15) is 0 Å². The second-order valence-corrected chi connectivity index (χ2v) is 9.24. The molecular weight excluding hydrogens is 449 g/mol. The molecule has 1 heterocycles. The smallest absolute Gasteiger partial charge is 0.258 e. The number of hydrogen-bond acceptors (Lipinski definition) is 5. The quantitative estimate of drug-likeness (QED) is 0.684. The summed E-state index contributed by atoms with van der Waals surface area (Å²) < 4.78 is 26.0. The van der Waals surface area contributed by atoms with Gasteiger partial charge in [-0.05, 0) is 50.1 Å². The monoisotopic (exact) mass is 485 g/mol. The summed E-state index contributed by atoms with van der Waals surface area (Å²) in [5, 5.41) is 2.71. The van der Waals surface area contributed by atoms with Crippen LogP contribution < -0.4 is 10.1 Å². The molecule has 2 amide bonds. The molecule has 190 valence electrons. The minimum Gasteiger partial charge on any atom is -0.491 e. The van der Waals surface area contributed by atoms with Crippen molar-refractivity contribution < 1.29 is 23.5 Å². The molecule has 3 atom stereocenters. The SMILES string of the molecule is CCCN1C[C@@H](C)[C@@H](OC)CN(C)C(=O)c2ccc(NC(=O)c3ccccc3F)cc2OC[C@@H]1C. The van der Waals surface area contributed by atoms with E-state index in [1.165, 1.54) is 18.2 Å². The number of carbonyl (C=O) groups is 2. The number of fused-ring (bicyclic) bond motifs is 1. The Balaban J connectivity index is 1.92. The first kappa shape index (κ1) is 26.6. The zero-order valence-electron chi connectivity index (χ0n) is 21.2. The summed E-state index contributed by atoms with van der Waals surface area (Å²) in [5.41, 5.74) is 0.760. The van der Waals surface area contributed by atoms with Crippen molar-refractivity contribution in [2.75, 3.05) is 45.7 Å². The van der Waals surface area contributed by atoms with Gasteiger partial charge in [-0.15, -0.1) is 0 Å². The van der Waals surface area contributed by atoms with Crippen molar-refractivity contribution in [1.82, 2.24) is 9.80 Å². The van der Waals surface area contributed by atoms with E-state index in [9.17, 15) is 14.0 Å². The maximum Gasteiger partial charge on any atom is 0.258 e. The van der Waals surface area contributed by atoms with Gasteiger partial charge in [0.05, 0.1) is 17.2 Å². The number of anilines is 1. The number of likely N-dealkylation sites (N-methyl/N-ethyl adjacent to an activating group) is 1. The molecule has 0 radical (unpaired) electrons. The minimum absolute atomic E-state index is 0.0550. The maximum absolute atomic E-state index is 14.0. The number of nitrogens with zero attached hydrogens (tertiary/aromatic N) is 2. The first-order chi connectivity index (χ1) is 16.7. The second kappa shape index (κ2) is 12.1. The number of methoxy groups -OCH3 is 1. The van der Waals surface area contributed by atoms with E-state index < -0.39 is 11.7 Å². The number of carbonyl (C=O) groups excluding carboxylic acids is 2. The number of amides is 2. The average molecular weight is 486 g/mol. The molecule has 1 aliphatic rings. The predicted octanol–water partition coefficient (Wildman–Crippen LogP) is 4.29. The Bertz CT molecular complexity index is 1030. The summed E-state index contributed by atoms with van der Waals surface area (Å²) in [7, 11) is 3.43. The van der Waals surface area contributed by atoms with Crippen LogP contribution in [0.2, 0.25) is 0 Å². The summed E-state index contributed by atoms with van der Waals surface area (Å²) in [5.74, 6) is -0.770. The Labute approximate surface area is 207 Å². The number of hydrogen-bond donors (Lipinski definition) is 1. The van der Waals surface area contributed by atoms with Crippen LogP contribution in [0.15, 0.2) is 42.5 Å². The van der Waals surface area contributed by atoms with Gasteiger partial charge in [0.15, 0.2) is 0 Å². The Hall–Kier alpha value is -2.97. The van der Waals surface area contributed by atoms with Crippen molar-refractivity contribution in [2.24, 2.45) is 5.92 Å². The van der Waals surface area contributed by atoms with Crippen LogP contribution in [0.5, 0.6) is 5.75 Å². The Kier molecular flexibility index (Phi) is 9.23. The highest BCUT2D eigenvalue weighted by atomic mass is 19.1. The first-order valence-corrected chi connectivity index (χ1v) is 12.1. The van der Waals surface area contributed by atoms with E-state index in [-0.39, 0.29) is 29.5 Å². The van der Waals surface area contributed by atoms with Crippen molar-refractivity contribution in [3.05, 3.63) is 59.4 Å². The Morgan fingerprint density at radius 1 is 1.20 bits per heavy atom. The summed E-state index contributed by atoms with van der Waals surface area (Å²) in [6.07, 6.45) is 0.897. The number of ether oxygens (including phenoxy) is 2. The van der Waals surface area contributed by atoms with Crippen LogP contribution in [-0.2, 0) is 4.74 Å². The van der Waals surface area contributed by atoms with E-state index in [0.717, 1.165) is 19.5 Å². The molecule has 0 bridgehead atoms. The van der Waals surface area contributed by atoms with E-state index in [1.54, 1.807) is 43.3 Å². The largest absolute Gasteiger partial charge is 0.491 e. The molecule has 0 saturated heterocycles. The summed E-state index contributed by atoms with van der Waals surface area (Å²) in [6.45, 7) is 8.96. The minimum atomic E-state index is -0.601. The molecule has 0 aliphatic carbocycles. The van der Waals surface area contributed by atoms with Gasteiger partial charge in [-0.25, -0.2) is 4.39 Å².